The molecule has 1 fully saturated rings. The zero-order chi connectivity index (χ0) is 12.4. The van der Waals surface area contributed by atoms with E-state index in [9.17, 15) is 0 Å². The summed E-state index contributed by atoms with van der Waals surface area (Å²) < 4.78 is 6.11. The molecule has 3 heteroatoms. The SMILES string of the molecule is Cc1cnc2c(OC3CCNCC3)cccc2c1. The molecule has 0 radical (unpaired) electrons. The average Bonchev–Trinajstić information content (AvgIpc) is 2.40. The van der Waals surface area contributed by atoms with Crippen molar-refractivity contribution in [1.29, 1.82) is 0 Å². The van der Waals surface area contributed by atoms with Gasteiger partial charge in [-0.15, -0.1) is 0 Å². The third-order valence-electron chi connectivity index (χ3n) is 3.39. The number of rotatable bonds is 2. The summed E-state index contributed by atoms with van der Waals surface area (Å²) in [5.74, 6) is 0.916. The molecule has 0 amide bonds. The summed E-state index contributed by atoms with van der Waals surface area (Å²) in [6.45, 7) is 4.15. The van der Waals surface area contributed by atoms with E-state index >= 15 is 0 Å². The van der Waals surface area contributed by atoms with Crippen LogP contribution in [0.1, 0.15) is 18.4 Å². The quantitative estimate of drug-likeness (QED) is 0.879. The van der Waals surface area contributed by atoms with Gasteiger partial charge in [-0.3, -0.25) is 4.98 Å². The molecular weight excluding hydrogens is 224 g/mol. The normalized spacial score (nSPS) is 16.9. The molecule has 3 nitrogen and oxygen atoms in total. The first-order valence-corrected chi connectivity index (χ1v) is 6.56. The lowest BCUT2D eigenvalue weighted by molar-refractivity contribution is 0.164. The fraction of sp³-hybridized carbons (Fsp3) is 0.400. The van der Waals surface area contributed by atoms with E-state index in [0.717, 1.165) is 42.6 Å². The van der Waals surface area contributed by atoms with Crippen molar-refractivity contribution in [2.24, 2.45) is 0 Å². The highest BCUT2D eigenvalue weighted by molar-refractivity contribution is 5.84. The number of pyridine rings is 1. The van der Waals surface area contributed by atoms with Crippen molar-refractivity contribution in [1.82, 2.24) is 10.3 Å². The maximum atomic E-state index is 6.11. The van der Waals surface area contributed by atoms with Crippen molar-refractivity contribution in [3.8, 4) is 5.75 Å². The number of benzene rings is 1. The van der Waals surface area contributed by atoms with Crippen LogP contribution in [0.25, 0.3) is 10.9 Å². The zero-order valence-electron chi connectivity index (χ0n) is 10.6. The van der Waals surface area contributed by atoms with Crippen LogP contribution in [-0.2, 0) is 0 Å². The number of hydrogen-bond donors (Lipinski definition) is 1. The number of para-hydroxylation sites is 1. The van der Waals surface area contributed by atoms with Crippen molar-refractivity contribution in [2.75, 3.05) is 13.1 Å². The molecule has 1 saturated heterocycles. The molecular formula is C15H18N2O. The minimum Gasteiger partial charge on any atom is -0.488 e. The molecule has 0 atom stereocenters. The Morgan fingerprint density at radius 2 is 2.11 bits per heavy atom. The van der Waals surface area contributed by atoms with Gasteiger partial charge < -0.3 is 10.1 Å². The minimum atomic E-state index is 0.319. The Labute approximate surface area is 107 Å². The number of aryl methyl sites for hydroxylation is 1. The summed E-state index contributed by atoms with van der Waals surface area (Å²) >= 11 is 0. The highest BCUT2D eigenvalue weighted by Crippen LogP contribution is 2.26. The molecule has 3 rings (SSSR count). The minimum absolute atomic E-state index is 0.319. The van der Waals surface area contributed by atoms with Crippen LogP contribution in [0.2, 0.25) is 0 Å². The van der Waals surface area contributed by atoms with Gasteiger partial charge in [-0.2, -0.15) is 0 Å². The van der Waals surface area contributed by atoms with Crippen LogP contribution < -0.4 is 10.1 Å². The van der Waals surface area contributed by atoms with Crippen molar-refractivity contribution in [2.45, 2.75) is 25.9 Å². The van der Waals surface area contributed by atoms with Gasteiger partial charge in [0.1, 0.15) is 17.4 Å². The first-order chi connectivity index (χ1) is 8.83. The first-order valence-electron chi connectivity index (χ1n) is 6.56. The Morgan fingerprint density at radius 3 is 2.94 bits per heavy atom. The third kappa shape index (κ3) is 2.31. The lowest BCUT2D eigenvalue weighted by Crippen LogP contribution is -2.34. The van der Waals surface area contributed by atoms with E-state index in [1.54, 1.807) is 0 Å². The molecule has 0 aliphatic carbocycles. The van der Waals surface area contributed by atoms with Crippen LogP contribution in [0.4, 0.5) is 0 Å². The van der Waals surface area contributed by atoms with E-state index in [1.807, 2.05) is 18.3 Å². The summed E-state index contributed by atoms with van der Waals surface area (Å²) in [5.41, 5.74) is 2.16. The molecule has 0 spiro atoms. The molecule has 1 aromatic heterocycles. The largest absolute Gasteiger partial charge is 0.488 e. The lowest BCUT2D eigenvalue weighted by Gasteiger charge is -2.24. The predicted molar refractivity (Wildman–Crippen MR) is 73.0 cm³/mol. The number of nitrogens with one attached hydrogen (secondary N) is 1. The van der Waals surface area contributed by atoms with Crippen molar-refractivity contribution < 1.29 is 4.74 Å². The molecule has 1 N–H and O–H groups in total. The molecule has 0 bridgehead atoms. The maximum Gasteiger partial charge on any atom is 0.145 e. The van der Waals surface area contributed by atoms with E-state index in [-0.39, 0.29) is 0 Å². The van der Waals surface area contributed by atoms with E-state index in [0.29, 0.717) is 6.10 Å². The van der Waals surface area contributed by atoms with E-state index in [4.69, 9.17) is 4.74 Å². The number of piperidine rings is 1. The number of nitrogens with zero attached hydrogens (tertiary/aromatic N) is 1. The molecule has 0 unspecified atom stereocenters. The van der Waals surface area contributed by atoms with Gasteiger partial charge in [0.2, 0.25) is 0 Å². The predicted octanol–water partition coefficient (Wildman–Crippen LogP) is 2.67. The molecule has 2 aromatic rings. The van der Waals surface area contributed by atoms with Crippen molar-refractivity contribution in [3.63, 3.8) is 0 Å². The van der Waals surface area contributed by atoms with Gasteiger partial charge in [-0.25, -0.2) is 0 Å². The standard InChI is InChI=1S/C15H18N2O/c1-11-9-12-3-2-4-14(15(12)17-10-11)18-13-5-7-16-8-6-13/h2-4,9-10,13,16H,5-8H2,1H3. The first kappa shape index (κ1) is 11.5. The zero-order valence-corrected chi connectivity index (χ0v) is 10.6. The number of fused-ring (bicyclic) bond motifs is 1. The molecule has 94 valence electrons. The summed E-state index contributed by atoms with van der Waals surface area (Å²) in [4.78, 5) is 4.51. The van der Waals surface area contributed by atoms with Crippen molar-refractivity contribution >= 4 is 10.9 Å². The second-order valence-corrected chi connectivity index (χ2v) is 4.91. The fourth-order valence-electron chi connectivity index (χ4n) is 2.43. The molecule has 1 aliphatic heterocycles. The van der Waals surface area contributed by atoms with Gasteiger partial charge in [-0.05, 0) is 50.6 Å². The monoisotopic (exact) mass is 242 g/mol. The van der Waals surface area contributed by atoms with Crippen molar-refractivity contribution in [3.05, 3.63) is 36.0 Å². The molecule has 1 aromatic carbocycles. The summed E-state index contributed by atoms with van der Waals surface area (Å²) in [5, 5.41) is 4.50. The smallest absolute Gasteiger partial charge is 0.145 e. The summed E-state index contributed by atoms with van der Waals surface area (Å²) in [7, 11) is 0. The third-order valence-corrected chi connectivity index (χ3v) is 3.39. The average molecular weight is 242 g/mol. The van der Waals surface area contributed by atoms with E-state index in [2.05, 4.69) is 29.4 Å². The lowest BCUT2D eigenvalue weighted by atomic mass is 10.1. The summed E-state index contributed by atoms with van der Waals surface area (Å²) in [6, 6.07) is 8.30. The fourth-order valence-corrected chi connectivity index (χ4v) is 2.43. The Balaban J connectivity index is 1.91. The second-order valence-electron chi connectivity index (χ2n) is 4.91. The Bertz CT molecular complexity index is 547. The van der Waals surface area contributed by atoms with Crippen LogP contribution in [0.15, 0.2) is 30.5 Å². The molecule has 1 aliphatic rings. The van der Waals surface area contributed by atoms with Crippen LogP contribution in [-0.4, -0.2) is 24.2 Å². The van der Waals surface area contributed by atoms with Crippen LogP contribution in [0.5, 0.6) is 5.75 Å². The Hall–Kier alpha value is -1.61. The maximum absolute atomic E-state index is 6.11. The Morgan fingerprint density at radius 1 is 1.28 bits per heavy atom. The molecule has 18 heavy (non-hydrogen) atoms. The van der Waals surface area contributed by atoms with Crippen LogP contribution >= 0.6 is 0 Å². The van der Waals surface area contributed by atoms with E-state index < -0.39 is 0 Å². The van der Waals surface area contributed by atoms with Gasteiger partial charge in [0.15, 0.2) is 0 Å². The van der Waals surface area contributed by atoms with Crippen LogP contribution in [0, 0.1) is 6.92 Å². The number of hydrogen-bond acceptors (Lipinski definition) is 3. The highest BCUT2D eigenvalue weighted by Gasteiger charge is 2.15. The van der Waals surface area contributed by atoms with Gasteiger partial charge in [0.05, 0.1) is 0 Å². The Kier molecular flexibility index (Phi) is 3.15. The highest BCUT2D eigenvalue weighted by atomic mass is 16.5. The number of ether oxygens (including phenoxy) is 1. The van der Waals surface area contributed by atoms with Gasteiger partial charge in [0, 0.05) is 11.6 Å². The molecule has 2 heterocycles. The summed E-state index contributed by atoms with van der Waals surface area (Å²) in [6.07, 6.45) is 4.36. The van der Waals surface area contributed by atoms with Gasteiger partial charge in [-0.1, -0.05) is 12.1 Å². The van der Waals surface area contributed by atoms with Gasteiger partial charge in [0.25, 0.3) is 0 Å². The van der Waals surface area contributed by atoms with Gasteiger partial charge >= 0.3 is 0 Å². The molecule has 0 saturated carbocycles. The topological polar surface area (TPSA) is 34.1 Å². The second kappa shape index (κ2) is 4.94. The number of aromatic nitrogens is 1. The van der Waals surface area contributed by atoms with E-state index in [1.165, 1.54) is 5.56 Å². The van der Waals surface area contributed by atoms with Crippen LogP contribution in [0.3, 0.4) is 0 Å².